The van der Waals surface area contributed by atoms with Gasteiger partial charge < -0.3 is 25.3 Å². The molecule has 3 rings (SSSR count). The van der Waals surface area contributed by atoms with Gasteiger partial charge in [0.05, 0.1) is 12.2 Å². The summed E-state index contributed by atoms with van der Waals surface area (Å²) in [5.74, 6) is 0.0423. The van der Waals surface area contributed by atoms with E-state index in [0.717, 1.165) is 6.07 Å². The molecule has 0 spiro atoms. The predicted octanol–water partition coefficient (Wildman–Crippen LogP) is 3.68. The van der Waals surface area contributed by atoms with Crippen molar-refractivity contribution in [2.45, 2.75) is 46.7 Å². The number of piperazine rings is 1. The molecule has 10 heteroatoms. The minimum atomic E-state index is -0.664. The number of amides is 4. The Morgan fingerprint density at radius 2 is 1.75 bits per heavy atom. The molecule has 0 atom stereocenters. The van der Waals surface area contributed by atoms with Crippen LogP contribution in [0.4, 0.5) is 14.9 Å². The fraction of sp³-hybridized carbons (Fsp3) is 0.500. The van der Waals surface area contributed by atoms with E-state index in [9.17, 15) is 18.8 Å². The van der Waals surface area contributed by atoms with Gasteiger partial charge in [0.1, 0.15) is 11.6 Å². The Hall–Kier alpha value is -3.40. The van der Waals surface area contributed by atoms with Gasteiger partial charge in [-0.05, 0) is 57.0 Å². The molecule has 3 N–H and O–H groups in total. The van der Waals surface area contributed by atoms with Crippen LogP contribution in [0.25, 0.3) is 0 Å². The van der Waals surface area contributed by atoms with Crippen molar-refractivity contribution in [3.63, 3.8) is 0 Å². The van der Waals surface area contributed by atoms with Crippen molar-refractivity contribution in [1.82, 2.24) is 20.4 Å². The van der Waals surface area contributed by atoms with E-state index in [-0.39, 0.29) is 40.3 Å². The number of carbonyl (C=O) groups is 3. The number of anilines is 1. The second-order valence-corrected chi connectivity index (χ2v) is 10.5. The van der Waals surface area contributed by atoms with E-state index in [1.54, 1.807) is 17.0 Å². The topological polar surface area (TPSA) is 107 Å². The average Bonchev–Trinajstić information content (AvgIpc) is 3.27. The second-order valence-electron chi connectivity index (χ2n) is 10.5. The van der Waals surface area contributed by atoms with Crippen LogP contribution in [0.3, 0.4) is 0 Å². The van der Waals surface area contributed by atoms with E-state index >= 15 is 0 Å². The lowest BCUT2D eigenvalue weighted by molar-refractivity contribution is 0.0617. The van der Waals surface area contributed by atoms with Crippen molar-refractivity contribution in [1.29, 1.82) is 0 Å². The summed E-state index contributed by atoms with van der Waals surface area (Å²) in [6.45, 7) is 12.8. The van der Waals surface area contributed by atoms with Crippen molar-refractivity contribution in [3.05, 3.63) is 53.2 Å². The Kier molecular flexibility index (Phi) is 8.73. The first-order chi connectivity index (χ1) is 16.9. The van der Waals surface area contributed by atoms with Gasteiger partial charge in [0.2, 0.25) is 0 Å². The molecule has 4 amide bonds. The monoisotopic (exact) mass is 501 g/mol. The zero-order chi connectivity index (χ0) is 26.5. The lowest BCUT2D eigenvalue weighted by Gasteiger charge is -2.34. The number of halogens is 1. The first kappa shape index (κ1) is 27.2. The summed E-state index contributed by atoms with van der Waals surface area (Å²) in [7, 11) is 0. The minimum Gasteiger partial charge on any atom is -0.455 e. The summed E-state index contributed by atoms with van der Waals surface area (Å²) in [4.78, 5) is 40.9. The lowest BCUT2D eigenvalue weighted by Crippen LogP contribution is -2.48. The molecule has 0 bridgehead atoms. The Balaban J connectivity index is 1.50. The van der Waals surface area contributed by atoms with Gasteiger partial charge in [0.15, 0.2) is 5.76 Å². The summed E-state index contributed by atoms with van der Waals surface area (Å²) in [6.07, 6.45) is 0. The van der Waals surface area contributed by atoms with Gasteiger partial charge in [0, 0.05) is 43.8 Å². The highest BCUT2D eigenvalue weighted by molar-refractivity contribution is 5.96. The number of furan rings is 1. The van der Waals surface area contributed by atoms with Crippen LogP contribution >= 0.6 is 0 Å². The Labute approximate surface area is 211 Å². The smallest absolute Gasteiger partial charge is 0.319 e. The van der Waals surface area contributed by atoms with Crippen LogP contribution in [0.1, 0.15) is 61.3 Å². The van der Waals surface area contributed by atoms with Gasteiger partial charge in [-0.25, -0.2) is 9.18 Å². The van der Waals surface area contributed by atoms with E-state index in [2.05, 4.69) is 20.9 Å². The zero-order valence-electron chi connectivity index (χ0n) is 21.6. The summed E-state index contributed by atoms with van der Waals surface area (Å²) >= 11 is 0. The molecule has 0 saturated carbocycles. The molecule has 1 fully saturated rings. The van der Waals surface area contributed by atoms with Crippen LogP contribution in [0.15, 0.2) is 34.7 Å². The van der Waals surface area contributed by atoms with Crippen molar-refractivity contribution in [2.75, 3.05) is 38.0 Å². The van der Waals surface area contributed by atoms with E-state index in [1.807, 2.05) is 34.6 Å². The highest BCUT2D eigenvalue weighted by Gasteiger charge is 2.24. The number of carbonyl (C=O) groups excluding carboxylic acids is 3. The van der Waals surface area contributed by atoms with Gasteiger partial charge in [-0.2, -0.15) is 0 Å². The fourth-order valence-corrected chi connectivity index (χ4v) is 3.71. The van der Waals surface area contributed by atoms with Crippen molar-refractivity contribution < 1.29 is 23.2 Å². The van der Waals surface area contributed by atoms with Crippen molar-refractivity contribution in [3.8, 4) is 0 Å². The number of nitrogens with one attached hydrogen (secondary N) is 3. The van der Waals surface area contributed by atoms with Gasteiger partial charge in [-0.3, -0.25) is 14.5 Å². The molecule has 1 aliphatic heterocycles. The molecule has 36 heavy (non-hydrogen) atoms. The number of nitrogens with zero attached hydrogens (tertiary/aromatic N) is 2. The van der Waals surface area contributed by atoms with Crippen molar-refractivity contribution >= 4 is 23.5 Å². The molecule has 0 aliphatic carbocycles. The van der Waals surface area contributed by atoms with Crippen LogP contribution in [-0.4, -0.2) is 65.9 Å². The highest BCUT2D eigenvalue weighted by Crippen LogP contribution is 2.19. The van der Waals surface area contributed by atoms with Crippen LogP contribution < -0.4 is 16.0 Å². The van der Waals surface area contributed by atoms with Crippen molar-refractivity contribution in [2.24, 2.45) is 5.92 Å². The summed E-state index contributed by atoms with van der Waals surface area (Å²) in [5, 5.41) is 8.00. The Morgan fingerprint density at radius 3 is 2.36 bits per heavy atom. The second kappa shape index (κ2) is 11.6. The molecule has 0 radical (unpaired) electrons. The molecule has 2 heterocycles. The predicted molar refractivity (Wildman–Crippen MR) is 135 cm³/mol. The van der Waals surface area contributed by atoms with Gasteiger partial charge >= 0.3 is 6.03 Å². The maximum absolute atomic E-state index is 14.5. The molecule has 196 valence electrons. The van der Waals surface area contributed by atoms with Gasteiger partial charge in [-0.15, -0.1) is 0 Å². The van der Waals surface area contributed by atoms with Crippen LogP contribution in [-0.2, 0) is 6.54 Å². The third-order valence-corrected chi connectivity index (χ3v) is 5.55. The number of benzene rings is 1. The lowest BCUT2D eigenvalue weighted by atomic mass is 10.1. The van der Waals surface area contributed by atoms with E-state index < -0.39 is 11.8 Å². The maximum Gasteiger partial charge on any atom is 0.319 e. The van der Waals surface area contributed by atoms with E-state index in [1.165, 1.54) is 12.1 Å². The Morgan fingerprint density at radius 1 is 1.06 bits per heavy atom. The fourth-order valence-electron chi connectivity index (χ4n) is 3.71. The molecule has 1 saturated heterocycles. The summed E-state index contributed by atoms with van der Waals surface area (Å²) < 4.78 is 20.2. The summed E-state index contributed by atoms with van der Waals surface area (Å²) in [5.41, 5.74) is -0.101. The third-order valence-electron chi connectivity index (χ3n) is 5.55. The van der Waals surface area contributed by atoms with E-state index in [0.29, 0.717) is 45.0 Å². The average molecular weight is 502 g/mol. The standard InChI is InChI=1S/C26H36FN5O4/c1-17(2)15-28-25(35)29-21-8-6-18(14-20(21)27)24(34)32-12-10-31(11-13-32)16-19-7-9-22(36-19)23(33)30-26(3,4)5/h6-9,14,17H,10-13,15-16H2,1-5H3,(H,30,33)(H2,28,29,35). The number of hydrogen-bond donors (Lipinski definition) is 3. The third kappa shape index (κ3) is 7.81. The first-order valence-corrected chi connectivity index (χ1v) is 12.2. The minimum absolute atomic E-state index is 0.0200. The molecule has 9 nitrogen and oxygen atoms in total. The van der Waals surface area contributed by atoms with Crippen LogP contribution in [0, 0.1) is 11.7 Å². The first-order valence-electron chi connectivity index (χ1n) is 12.2. The molecular weight excluding hydrogens is 465 g/mol. The number of hydrogen-bond acceptors (Lipinski definition) is 5. The molecule has 2 aromatic rings. The molecule has 1 aromatic heterocycles. The van der Waals surface area contributed by atoms with E-state index in [4.69, 9.17) is 4.42 Å². The van der Waals surface area contributed by atoms with Crippen LogP contribution in [0.2, 0.25) is 0 Å². The zero-order valence-corrected chi connectivity index (χ0v) is 21.6. The largest absolute Gasteiger partial charge is 0.455 e. The van der Waals surface area contributed by atoms with Gasteiger partial charge in [0.25, 0.3) is 11.8 Å². The SMILES string of the molecule is CC(C)CNC(=O)Nc1ccc(C(=O)N2CCN(Cc3ccc(C(=O)NC(C)(C)C)o3)CC2)cc1F. The quantitative estimate of drug-likeness (QED) is 0.537. The van der Waals surface area contributed by atoms with Gasteiger partial charge in [-0.1, -0.05) is 13.8 Å². The molecule has 1 aliphatic rings. The molecule has 0 unspecified atom stereocenters. The maximum atomic E-state index is 14.5. The number of rotatable bonds is 7. The number of urea groups is 1. The molecular formula is C26H36FN5O4. The summed E-state index contributed by atoms with van der Waals surface area (Å²) in [6, 6.07) is 7.03. The normalized spacial score (nSPS) is 14.6. The Bertz CT molecular complexity index is 1080. The molecule has 1 aromatic carbocycles. The highest BCUT2D eigenvalue weighted by atomic mass is 19.1. The van der Waals surface area contributed by atoms with Crippen LogP contribution in [0.5, 0.6) is 0 Å².